The number of hydrogen-bond donors (Lipinski definition) is 1. The van der Waals surface area contributed by atoms with Crippen molar-refractivity contribution in [2.24, 2.45) is 12.8 Å². The molecule has 0 radical (unpaired) electrons. The largest absolute Gasteiger partial charge is 0.496 e. The van der Waals surface area contributed by atoms with Gasteiger partial charge in [-0.3, -0.25) is 0 Å². The van der Waals surface area contributed by atoms with E-state index in [9.17, 15) is 0 Å². The van der Waals surface area contributed by atoms with Gasteiger partial charge in [0.15, 0.2) is 0 Å². The normalized spacial score (nSPS) is 10.6. The third-order valence-corrected chi connectivity index (χ3v) is 3.25. The lowest BCUT2D eigenvalue weighted by Crippen LogP contribution is -2.05. The first-order chi connectivity index (χ1) is 9.12. The second-order valence-corrected chi connectivity index (χ2v) is 4.36. The first-order valence-corrected chi connectivity index (χ1v) is 6.06. The Bertz CT molecular complexity index is 591. The molecule has 0 atom stereocenters. The zero-order valence-corrected chi connectivity index (χ0v) is 11.7. The summed E-state index contributed by atoms with van der Waals surface area (Å²) >= 11 is 0. The molecule has 2 rings (SSSR count). The molecule has 1 aromatic carbocycles. The SMILES string of the molecule is COc1cc(-c2ncc(CN)n2C)c(OC)cc1C. The molecule has 102 valence electrons. The van der Waals surface area contributed by atoms with Crippen LogP contribution < -0.4 is 15.2 Å². The average molecular weight is 261 g/mol. The number of nitrogens with zero attached hydrogens (tertiary/aromatic N) is 2. The van der Waals surface area contributed by atoms with E-state index in [0.29, 0.717) is 6.54 Å². The molecule has 19 heavy (non-hydrogen) atoms. The molecule has 0 spiro atoms. The van der Waals surface area contributed by atoms with E-state index in [0.717, 1.165) is 34.1 Å². The number of rotatable bonds is 4. The second kappa shape index (κ2) is 5.32. The number of ether oxygens (including phenoxy) is 2. The molecule has 5 nitrogen and oxygen atoms in total. The molecule has 0 saturated heterocycles. The van der Waals surface area contributed by atoms with E-state index in [1.165, 1.54) is 0 Å². The first-order valence-electron chi connectivity index (χ1n) is 6.06. The smallest absolute Gasteiger partial charge is 0.143 e. The minimum Gasteiger partial charge on any atom is -0.496 e. The van der Waals surface area contributed by atoms with Crippen molar-refractivity contribution >= 4 is 0 Å². The van der Waals surface area contributed by atoms with Crippen LogP contribution >= 0.6 is 0 Å². The van der Waals surface area contributed by atoms with E-state index in [-0.39, 0.29) is 0 Å². The Morgan fingerprint density at radius 2 is 1.89 bits per heavy atom. The molecule has 0 aliphatic heterocycles. The third kappa shape index (κ3) is 2.29. The molecule has 0 aliphatic carbocycles. The summed E-state index contributed by atoms with van der Waals surface area (Å²) in [5.41, 5.74) is 8.57. The predicted molar refractivity (Wildman–Crippen MR) is 74.4 cm³/mol. The summed E-state index contributed by atoms with van der Waals surface area (Å²) in [6.07, 6.45) is 1.78. The average Bonchev–Trinajstić information content (AvgIpc) is 2.79. The van der Waals surface area contributed by atoms with Crippen molar-refractivity contribution in [1.82, 2.24) is 9.55 Å². The first kappa shape index (κ1) is 13.4. The molecule has 0 bridgehead atoms. The van der Waals surface area contributed by atoms with Gasteiger partial charge in [-0.2, -0.15) is 0 Å². The fraction of sp³-hybridized carbons (Fsp3) is 0.357. The zero-order chi connectivity index (χ0) is 14.0. The van der Waals surface area contributed by atoms with Gasteiger partial charge in [0.1, 0.15) is 17.3 Å². The standard InChI is InChI=1S/C14H19N3O2/c1-9-5-13(19-4)11(6-12(9)18-3)14-16-8-10(7-15)17(14)2/h5-6,8H,7,15H2,1-4H3. The van der Waals surface area contributed by atoms with E-state index >= 15 is 0 Å². The molecule has 0 saturated carbocycles. The van der Waals surface area contributed by atoms with Crippen LogP contribution in [0.1, 0.15) is 11.3 Å². The molecule has 0 amide bonds. The lowest BCUT2D eigenvalue weighted by Gasteiger charge is -2.13. The van der Waals surface area contributed by atoms with Gasteiger partial charge in [-0.05, 0) is 24.6 Å². The van der Waals surface area contributed by atoms with E-state index < -0.39 is 0 Å². The van der Waals surface area contributed by atoms with Crippen LogP contribution in [0.2, 0.25) is 0 Å². The highest BCUT2D eigenvalue weighted by atomic mass is 16.5. The van der Waals surface area contributed by atoms with Gasteiger partial charge in [0, 0.05) is 13.6 Å². The van der Waals surface area contributed by atoms with Crippen molar-refractivity contribution in [1.29, 1.82) is 0 Å². The second-order valence-electron chi connectivity index (χ2n) is 4.36. The van der Waals surface area contributed by atoms with E-state index in [4.69, 9.17) is 15.2 Å². The monoisotopic (exact) mass is 261 g/mol. The summed E-state index contributed by atoms with van der Waals surface area (Å²) in [5, 5.41) is 0. The van der Waals surface area contributed by atoms with Crippen molar-refractivity contribution in [2.75, 3.05) is 14.2 Å². The van der Waals surface area contributed by atoms with Crippen LogP contribution in [0, 0.1) is 6.92 Å². The van der Waals surface area contributed by atoms with Crippen LogP contribution in [0.15, 0.2) is 18.3 Å². The van der Waals surface area contributed by atoms with Crippen molar-refractivity contribution in [3.63, 3.8) is 0 Å². The number of aromatic nitrogens is 2. The van der Waals surface area contributed by atoms with Gasteiger partial charge in [-0.1, -0.05) is 0 Å². The van der Waals surface area contributed by atoms with Crippen LogP contribution in [0.5, 0.6) is 11.5 Å². The van der Waals surface area contributed by atoms with Crippen LogP contribution in [0.25, 0.3) is 11.4 Å². The van der Waals surface area contributed by atoms with Gasteiger partial charge in [0.05, 0.1) is 31.7 Å². The van der Waals surface area contributed by atoms with E-state index in [2.05, 4.69) is 4.98 Å². The van der Waals surface area contributed by atoms with E-state index in [1.54, 1.807) is 20.4 Å². The van der Waals surface area contributed by atoms with Crippen molar-refractivity contribution in [3.05, 3.63) is 29.6 Å². The fourth-order valence-electron chi connectivity index (χ4n) is 2.11. The summed E-state index contributed by atoms with van der Waals surface area (Å²) in [5.74, 6) is 2.40. The maximum Gasteiger partial charge on any atom is 0.143 e. The van der Waals surface area contributed by atoms with Gasteiger partial charge < -0.3 is 19.8 Å². The molecule has 0 aliphatic rings. The van der Waals surface area contributed by atoms with Gasteiger partial charge in [-0.25, -0.2) is 4.98 Å². The van der Waals surface area contributed by atoms with Gasteiger partial charge in [0.25, 0.3) is 0 Å². The molecular weight excluding hydrogens is 242 g/mol. The molecule has 1 aromatic heterocycles. The quantitative estimate of drug-likeness (QED) is 0.912. The zero-order valence-electron chi connectivity index (χ0n) is 11.7. The number of hydrogen-bond acceptors (Lipinski definition) is 4. The Hall–Kier alpha value is -2.01. The lowest BCUT2D eigenvalue weighted by atomic mass is 10.1. The van der Waals surface area contributed by atoms with Crippen molar-refractivity contribution < 1.29 is 9.47 Å². The highest BCUT2D eigenvalue weighted by Gasteiger charge is 2.15. The molecule has 2 N–H and O–H groups in total. The lowest BCUT2D eigenvalue weighted by molar-refractivity contribution is 0.401. The van der Waals surface area contributed by atoms with Gasteiger partial charge >= 0.3 is 0 Å². The number of aryl methyl sites for hydroxylation is 1. The summed E-state index contributed by atoms with van der Waals surface area (Å²) in [6, 6.07) is 3.89. The van der Waals surface area contributed by atoms with Crippen LogP contribution in [-0.2, 0) is 13.6 Å². The molecule has 2 aromatic rings. The Labute approximate surface area is 113 Å². The van der Waals surface area contributed by atoms with Crippen molar-refractivity contribution in [3.8, 4) is 22.9 Å². The molecule has 1 heterocycles. The molecule has 0 unspecified atom stereocenters. The highest BCUT2D eigenvalue weighted by Crippen LogP contribution is 2.35. The number of imidazole rings is 1. The number of benzene rings is 1. The topological polar surface area (TPSA) is 62.3 Å². The van der Waals surface area contributed by atoms with Crippen LogP contribution in [-0.4, -0.2) is 23.8 Å². The summed E-state index contributed by atoms with van der Waals surface area (Å²) in [4.78, 5) is 4.42. The highest BCUT2D eigenvalue weighted by molar-refractivity contribution is 5.68. The summed E-state index contributed by atoms with van der Waals surface area (Å²) in [6.45, 7) is 2.43. The Morgan fingerprint density at radius 3 is 2.42 bits per heavy atom. The summed E-state index contributed by atoms with van der Waals surface area (Å²) in [7, 11) is 5.25. The van der Waals surface area contributed by atoms with E-state index in [1.807, 2.05) is 30.7 Å². The van der Waals surface area contributed by atoms with Gasteiger partial charge in [-0.15, -0.1) is 0 Å². The molecular formula is C14H19N3O2. The number of methoxy groups -OCH3 is 2. The Kier molecular flexibility index (Phi) is 3.76. The van der Waals surface area contributed by atoms with Crippen LogP contribution in [0.3, 0.4) is 0 Å². The summed E-state index contributed by atoms with van der Waals surface area (Å²) < 4.78 is 12.8. The maximum atomic E-state index is 5.68. The fourth-order valence-corrected chi connectivity index (χ4v) is 2.11. The van der Waals surface area contributed by atoms with Crippen LogP contribution in [0.4, 0.5) is 0 Å². The molecule has 5 heteroatoms. The minimum absolute atomic E-state index is 0.453. The molecule has 0 fully saturated rings. The minimum atomic E-state index is 0.453. The third-order valence-electron chi connectivity index (χ3n) is 3.25. The predicted octanol–water partition coefficient (Wildman–Crippen LogP) is 1.87. The van der Waals surface area contributed by atoms with Gasteiger partial charge in [0.2, 0.25) is 0 Å². The number of nitrogens with two attached hydrogens (primary N) is 1. The Morgan fingerprint density at radius 1 is 1.21 bits per heavy atom. The maximum absolute atomic E-state index is 5.68. The Balaban J connectivity index is 2.62. The van der Waals surface area contributed by atoms with Crippen molar-refractivity contribution in [2.45, 2.75) is 13.5 Å².